The summed E-state index contributed by atoms with van der Waals surface area (Å²) in [6.45, 7) is 4.95. The monoisotopic (exact) mass is 450 g/mol. The van der Waals surface area contributed by atoms with Gasteiger partial charge in [0.2, 0.25) is 5.91 Å². The van der Waals surface area contributed by atoms with Gasteiger partial charge >= 0.3 is 0 Å². The molecule has 2 amide bonds. The maximum absolute atomic E-state index is 13.8. The minimum Gasteiger partial charge on any atom is -0.341 e. The van der Waals surface area contributed by atoms with Gasteiger partial charge in [-0.1, -0.05) is 43.1 Å². The molecule has 1 fully saturated rings. The topological polar surface area (TPSA) is 49.4 Å². The summed E-state index contributed by atoms with van der Waals surface area (Å²) in [5.74, 6) is -0.686. The first-order valence-corrected chi connectivity index (χ1v) is 10.8. The lowest BCUT2D eigenvalue weighted by Gasteiger charge is -2.35. The lowest BCUT2D eigenvalue weighted by molar-refractivity contribution is -0.135. The number of nitrogens with zero attached hydrogens (tertiary/aromatic N) is 1. The summed E-state index contributed by atoms with van der Waals surface area (Å²) < 4.78 is 13.8. The van der Waals surface area contributed by atoms with Gasteiger partial charge < -0.3 is 10.2 Å². The molecule has 3 rings (SSSR count). The zero-order valence-corrected chi connectivity index (χ0v) is 18.5. The highest BCUT2D eigenvalue weighted by Crippen LogP contribution is 2.30. The molecule has 1 aliphatic rings. The number of amides is 2. The zero-order chi connectivity index (χ0) is 21.8. The van der Waals surface area contributed by atoms with E-state index >= 15 is 0 Å². The van der Waals surface area contributed by atoms with Gasteiger partial charge in [0.05, 0.1) is 5.02 Å². The number of carbonyl (C=O) groups is 2. The number of benzene rings is 2. The molecule has 0 bridgehead atoms. The molecule has 1 saturated heterocycles. The Labute approximate surface area is 186 Å². The van der Waals surface area contributed by atoms with Crippen molar-refractivity contribution in [2.24, 2.45) is 5.92 Å². The van der Waals surface area contributed by atoms with Gasteiger partial charge in [0, 0.05) is 23.7 Å². The van der Waals surface area contributed by atoms with Crippen molar-refractivity contribution < 1.29 is 14.0 Å². The molecule has 0 unspecified atom stereocenters. The number of rotatable bonds is 5. The summed E-state index contributed by atoms with van der Waals surface area (Å²) in [6.07, 6.45) is 1.48. The zero-order valence-electron chi connectivity index (χ0n) is 17.0. The molecular formula is C23H25Cl2FN2O2. The number of likely N-dealkylation sites (tertiary alicyclic amines) is 1. The van der Waals surface area contributed by atoms with Crippen LogP contribution >= 0.6 is 23.2 Å². The van der Waals surface area contributed by atoms with Crippen LogP contribution in [0.4, 0.5) is 4.39 Å². The second-order valence-electron chi connectivity index (χ2n) is 7.98. The number of carbonyl (C=O) groups excluding carboxylic acids is 2. The molecule has 2 aromatic carbocycles. The van der Waals surface area contributed by atoms with Crippen LogP contribution in [0.3, 0.4) is 0 Å². The second kappa shape index (κ2) is 9.80. The molecule has 2 aromatic rings. The van der Waals surface area contributed by atoms with Gasteiger partial charge in [-0.25, -0.2) is 4.39 Å². The third kappa shape index (κ3) is 5.32. The van der Waals surface area contributed by atoms with E-state index in [0.29, 0.717) is 23.7 Å². The van der Waals surface area contributed by atoms with E-state index in [0.717, 1.165) is 18.4 Å². The fourth-order valence-corrected chi connectivity index (χ4v) is 3.98. The highest BCUT2D eigenvalue weighted by atomic mass is 35.5. The number of nitrogens with one attached hydrogen (secondary N) is 1. The molecule has 7 heteroatoms. The fourth-order valence-electron chi connectivity index (χ4n) is 3.74. The van der Waals surface area contributed by atoms with Crippen LogP contribution in [-0.4, -0.2) is 35.8 Å². The van der Waals surface area contributed by atoms with Crippen molar-refractivity contribution in [2.75, 3.05) is 13.1 Å². The summed E-state index contributed by atoms with van der Waals surface area (Å²) in [5, 5.41) is 3.53. The Balaban J connectivity index is 1.63. The van der Waals surface area contributed by atoms with Crippen LogP contribution in [0.1, 0.15) is 48.5 Å². The number of hydrogen-bond acceptors (Lipinski definition) is 2. The van der Waals surface area contributed by atoms with Crippen molar-refractivity contribution in [3.05, 3.63) is 69.5 Å². The minimum absolute atomic E-state index is 0.0585. The number of hydrogen-bond donors (Lipinski definition) is 1. The molecule has 1 heterocycles. The van der Waals surface area contributed by atoms with E-state index in [-0.39, 0.29) is 28.7 Å². The molecule has 1 aliphatic heterocycles. The van der Waals surface area contributed by atoms with Gasteiger partial charge in [-0.05, 0) is 66.6 Å². The smallest absolute Gasteiger partial charge is 0.251 e. The van der Waals surface area contributed by atoms with Gasteiger partial charge in [-0.2, -0.15) is 0 Å². The van der Waals surface area contributed by atoms with E-state index in [1.807, 2.05) is 19.9 Å². The summed E-state index contributed by atoms with van der Waals surface area (Å²) in [7, 11) is 0. The average molecular weight is 451 g/mol. The van der Waals surface area contributed by atoms with E-state index in [4.69, 9.17) is 23.2 Å². The molecule has 30 heavy (non-hydrogen) atoms. The third-order valence-electron chi connectivity index (χ3n) is 5.55. The average Bonchev–Trinajstić information content (AvgIpc) is 2.73. The first-order chi connectivity index (χ1) is 14.3. The van der Waals surface area contributed by atoms with Crippen LogP contribution in [-0.2, 0) is 4.79 Å². The van der Waals surface area contributed by atoms with E-state index in [1.54, 1.807) is 35.2 Å². The van der Waals surface area contributed by atoms with Crippen molar-refractivity contribution in [1.82, 2.24) is 10.2 Å². The lowest BCUT2D eigenvalue weighted by Crippen LogP contribution is -2.52. The van der Waals surface area contributed by atoms with Gasteiger partial charge in [0.15, 0.2) is 0 Å². The van der Waals surface area contributed by atoms with Gasteiger partial charge in [-0.15, -0.1) is 0 Å². The largest absolute Gasteiger partial charge is 0.341 e. The summed E-state index contributed by atoms with van der Waals surface area (Å²) in [4.78, 5) is 27.5. The number of piperidine rings is 1. The summed E-state index contributed by atoms with van der Waals surface area (Å²) >= 11 is 11.7. The second-order valence-corrected chi connectivity index (χ2v) is 8.82. The lowest BCUT2D eigenvalue weighted by atomic mass is 9.89. The molecule has 1 atom stereocenters. The van der Waals surface area contributed by atoms with E-state index in [1.165, 1.54) is 6.07 Å². The standard InChI is InChI=1S/C23H25Cl2FN2O2/c1-14(2)21(27-22(29)16-3-6-18(24)7-4-16)23(30)28-11-9-15(10-12-28)17-5-8-19(25)20(26)13-17/h3-8,13-15,21H,9-12H2,1-2H3,(H,27,29)/t21-/m1/s1. The van der Waals surface area contributed by atoms with Gasteiger partial charge in [0.1, 0.15) is 11.9 Å². The van der Waals surface area contributed by atoms with Crippen LogP contribution in [0.25, 0.3) is 0 Å². The first-order valence-electron chi connectivity index (χ1n) is 10.1. The molecular weight excluding hydrogens is 426 g/mol. The third-order valence-corrected chi connectivity index (χ3v) is 6.11. The molecule has 0 aromatic heterocycles. The van der Waals surface area contributed by atoms with Crippen molar-refractivity contribution in [3.63, 3.8) is 0 Å². The van der Waals surface area contributed by atoms with E-state index in [2.05, 4.69) is 5.32 Å². The molecule has 0 saturated carbocycles. The molecule has 4 nitrogen and oxygen atoms in total. The normalized spacial score (nSPS) is 15.9. The van der Waals surface area contributed by atoms with Crippen molar-refractivity contribution >= 4 is 35.0 Å². The Morgan fingerprint density at radius 1 is 1.07 bits per heavy atom. The first kappa shape index (κ1) is 22.6. The predicted molar refractivity (Wildman–Crippen MR) is 118 cm³/mol. The Hall–Kier alpha value is -2.11. The van der Waals surface area contributed by atoms with Crippen LogP contribution in [0.2, 0.25) is 10.0 Å². The SMILES string of the molecule is CC(C)[C@@H](NC(=O)c1ccc(Cl)cc1)C(=O)N1CCC(c2ccc(Cl)c(F)c2)CC1. The van der Waals surface area contributed by atoms with E-state index < -0.39 is 11.9 Å². The maximum Gasteiger partial charge on any atom is 0.251 e. The maximum atomic E-state index is 13.8. The Kier molecular flexibility index (Phi) is 7.37. The van der Waals surface area contributed by atoms with Gasteiger partial charge in [-0.3, -0.25) is 9.59 Å². The van der Waals surface area contributed by atoms with Crippen LogP contribution in [0.15, 0.2) is 42.5 Å². The Morgan fingerprint density at radius 3 is 2.27 bits per heavy atom. The number of halogens is 3. The highest BCUT2D eigenvalue weighted by molar-refractivity contribution is 6.31. The van der Waals surface area contributed by atoms with Crippen molar-refractivity contribution in [1.29, 1.82) is 0 Å². The minimum atomic E-state index is -0.613. The quantitative estimate of drug-likeness (QED) is 0.672. The Morgan fingerprint density at radius 2 is 1.70 bits per heavy atom. The molecule has 0 spiro atoms. The van der Waals surface area contributed by atoms with Crippen LogP contribution in [0.5, 0.6) is 0 Å². The Bertz CT molecular complexity index is 910. The van der Waals surface area contributed by atoms with E-state index in [9.17, 15) is 14.0 Å². The highest BCUT2D eigenvalue weighted by Gasteiger charge is 2.32. The summed E-state index contributed by atoms with van der Waals surface area (Å²) in [6, 6.07) is 10.8. The molecule has 0 aliphatic carbocycles. The van der Waals surface area contributed by atoms with Crippen LogP contribution in [0, 0.1) is 11.7 Å². The molecule has 1 N–H and O–H groups in total. The van der Waals surface area contributed by atoms with Crippen LogP contribution < -0.4 is 5.32 Å². The van der Waals surface area contributed by atoms with Gasteiger partial charge in [0.25, 0.3) is 5.91 Å². The van der Waals surface area contributed by atoms with Crippen molar-refractivity contribution in [3.8, 4) is 0 Å². The molecule has 0 radical (unpaired) electrons. The predicted octanol–water partition coefficient (Wildman–Crippen LogP) is 5.29. The fraction of sp³-hybridized carbons (Fsp3) is 0.391. The van der Waals surface area contributed by atoms with Crippen molar-refractivity contribution in [2.45, 2.75) is 38.6 Å². The molecule has 160 valence electrons. The summed E-state index contributed by atoms with van der Waals surface area (Å²) in [5.41, 5.74) is 1.36.